The molecule has 0 saturated heterocycles. The third-order valence-electron chi connectivity index (χ3n) is 0. The Kier molecular flexibility index (Phi) is 25400. The fourth-order valence-electron chi connectivity index (χ4n) is 0. The summed E-state index contributed by atoms with van der Waals surface area (Å²) in [7, 11) is 0. The molecule has 0 rings (SSSR count). The van der Waals surface area contributed by atoms with Gasteiger partial charge in [0.1, 0.15) is 0 Å². The minimum Gasteiger partial charge on any atom is -1.00 e. The van der Waals surface area contributed by atoms with Crippen molar-refractivity contribution in [1.29, 1.82) is 0 Å². The van der Waals surface area contributed by atoms with Gasteiger partial charge in [-0.25, -0.2) is 0 Å². The van der Waals surface area contributed by atoms with Gasteiger partial charge in [-0.15, -0.1) is 720 Å². The Bertz CT molecular complexity index is 33.1. The summed E-state index contributed by atoms with van der Waals surface area (Å²) in [5.74, 6) is 0. The molecule has 0 aromatic rings. The van der Waals surface area contributed by atoms with Crippen molar-refractivity contribution in [3.05, 3.63) is 0 Å². The number of rotatable bonds is 0. The fourth-order valence-corrected chi connectivity index (χ4v) is 0. The molecular weight excluding hydrogens is 2470 g/mol. The molecule has 0 aliphatic carbocycles. The average Bonchev–Trinajstić information content (AvgIpc) is 0. The first kappa shape index (κ1) is 1370. The number of hydrogen-bond donors (Lipinski definition) is 0. The fraction of sp³-hybridized carbons (Fsp3) is 0. The van der Waals surface area contributed by atoms with E-state index in [0.717, 1.165) is 0 Å². The molecule has 0 aliphatic rings. The zero-order chi connectivity index (χ0) is 0. The zero-order valence-corrected chi connectivity index (χ0v) is 100.0. The van der Waals surface area contributed by atoms with Gasteiger partial charge < -0.3 is 86.8 Å². The van der Waals surface area contributed by atoms with Crippen molar-refractivity contribution in [3.63, 3.8) is 0 Å². The van der Waals surface area contributed by atoms with Crippen LogP contribution in [0.2, 0.25) is 0 Å². The van der Waals surface area contributed by atoms with E-state index in [-0.39, 0.29) is 1010 Å². The van der Waals surface area contributed by atoms with Crippen LogP contribution in [0.25, 0.3) is 0 Å². The van der Waals surface area contributed by atoms with Crippen LogP contribution in [0, 0.1) is 0 Å². The second-order valence-electron chi connectivity index (χ2n) is 0. The largest absolute Gasteiger partial charge is 1.00 e. The molecule has 0 atom stereocenters. The molecule has 0 radical (unpaired) electrons. The van der Waals surface area contributed by atoms with Crippen LogP contribution in [0.4, 0.5) is 0 Å². The van der Waals surface area contributed by atoms with E-state index in [4.69, 9.17) is 0 Å². The minimum atomic E-state index is 0. The maximum atomic E-state index is 0. The summed E-state index contributed by atoms with van der Waals surface area (Å²) in [6.07, 6.45) is 0. The van der Waals surface area contributed by atoms with Gasteiger partial charge in [0.25, 0.3) is 0 Å². The Morgan fingerprint density at radius 2 is 0.0417 bits per heavy atom. The first-order valence-electron chi connectivity index (χ1n) is 0. The van der Waals surface area contributed by atoms with E-state index in [9.17, 15) is 0 Å². The topological polar surface area (TPSA) is 0 Å². The molecule has 72 heavy (non-hydrogen) atoms. The van der Waals surface area contributed by atoms with Crippen molar-refractivity contribution in [1.82, 2.24) is 0 Å². The average molecular weight is 2520 g/mol. The van der Waals surface area contributed by atoms with E-state index >= 15 is 0 Å². The zero-order valence-electron chi connectivity index (χ0n) is 33.3. The van der Waals surface area contributed by atoms with Crippen LogP contribution in [0.15, 0.2) is 0 Å². The van der Waals surface area contributed by atoms with Gasteiger partial charge in [-0.3, -0.25) is 0 Å². The summed E-state index contributed by atoms with van der Waals surface area (Å²) >= 11 is 0. The Hall–Kier alpha value is 25.8. The van der Waals surface area contributed by atoms with Crippen LogP contribution in [0.5, 0.6) is 0 Å². The van der Waals surface area contributed by atoms with E-state index in [1.807, 2.05) is 0 Å². The number of halogens is 65. The molecule has 0 aromatic carbocycles. The first-order valence-corrected chi connectivity index (χ1v) is 0. The van der Waals surface area contributed by atoms with Crippen LogP contribution < -0.4 is 294 Å². The predicted octanol–water partition coefficient (Wildman–Crippen LogP) is -17.5. The van der Waals surface area contributed by atoms with E-state index in [2.05, 4.69) is 0 Å². The van der Waals surface area contributed by atoms with Crippen LogP contribution in [0.3, 0.4) is 0 Å². The standard InChI is InChI=1S/65ClH.7Na/h65*1H;;;;;;;/q;;;;;;;;;;;;;;;;;;;;;;;;;;;;;;;;;;;;;;;;;;;;;;;;;;;;;;;;;;;;;;;;;7*+1/p-7. The van der Waals surface area contributed by atoms with E-state index in [0.29, 0.717) is 0 Å². The van der Waals surface area contributed by atoms with Gasteiger partial charge in [-0.05, 0) is 0 Å². The minimum absolute atomic E-state index is 0. The smallest absolute Gasteiger partial charge is 1.00 e. The van der Waals surface area contributed by atoms with E-state index < -0.39 is 0 Å². The van der Waals surface area contributed by atoms with Crippen LogP contribution in [-0.4, -0.2) is 0 Å². The molecule has 0 fully saturated rings. The normalized spacial score (nSPS) is 0. The summed E-state index contributed by atoms with van der Waals surface area (Å²) in [5, 5.41) is 0. The van der Waals surface area contributed by atoms with E-state index in [1.54, 1.807) is 0 Å². The molecule has 0 bridgehead atoms. The maximum absolute atomic E-state index is 0. The Balaban J connectivity index is 0. The van der Waals surface area contributed by atoms with Crippen LogP contribution in [-0.2, 0) is 0 Å². The monoisotopic (exact) mass is 2490 g/mol. The summed E-state index contributed by atoms with van der Waals surface area (Å²) < 4.78 is 0. The summed E-state index contributed by atoms with van der Waals surface area (Å²) in [6, 6.07) is 0. The first-order chi connectivity index (χ1) is 0. The molecule has 0 aliphatic heterocycles. The van der Waals surface area contributed by atoms with Crippen molar-refractivity contribution < 1.29 is 294 Å². The molecule has 0 heterocycles. The van der Waals surface area contributed by atoms with Gasteiger partial charge in [0.05, 0.1) is 0 Å². The van der Waals surface area contributed by atoms with Crippen LogP contribution in [0.1, 0.15) is 0 Å². The Labute approximate surface area is 990 Å². The maximum Gasteiger partial charge on any atom is 1.00 e. The van der Waals surface area contributed by atoms with Crippen molar-refractivity contribution in [2.24, 2.45) is 0 Å². The van der Waals surface area contributed by atoms with Gasteiger partial charge in [-0.1, -0.05) is 0 Å². The molecule has 520 valence electrons. The van der Waals surface area contributed by atoms with Crippen molar-refractivity contribution in [3.8, 4) is 0 Å². The van der Waals surface area contributed by atoms with Gasteiger partial charge >= 0.3 is 207 Å². The van der Waals surface area contributed by atoms with E-state index in [1.165, 1.54) is 0 Å². The van der Waals surface area contributed by atoms with Crippen molar-refractivity contribution >= 4 is 720 Å². The second-order valence-corrected chi connectivity index (χ2v) is 0. The molecular formula is H58Cl65Na7. The second kappa shape index (κ2) is 1330. The molecule has 0 aromatic heterocycles. The summed E-state index contributed by atoms with van der Waals surface area (Å²) in [6.45, 7) is 0. The molecule has 0 unspecified atom stereocenters. The Morgan fingerprint density at radius 1 is 0.0417 bits per heavy atom. The van der Waals surface area contributed by atoms with Gasteiger partial charge in [0.2, 0.25) is 0 Å². The van der Waals surface area contributed by atoms with Crippen LogP contribution >= 0.6 is 720 Å². The summed E-state index contributed by atoms with van der Waals surface area (Å²) in [5.41, 5.74) is 0. The molecule has 72 heteroatoms. The molecule has 0 amide bonds. The van der Waals surface area contributed by atoms with Crippen molar-refractivity contribution in [2.75, 3.05) is 0 Å². The quantitative estimate of drug-likeness (QED) is 0.212. The predicted molar refractivity (Wildman–Crippen MR) is 420 cm³/mol. The third-order valence-corrected chi connectivity index (χ3v) is 0. The van der Waals surface area contributed by atoms with Gasteiger partial charge in [-0.2, -0.15) is 0 Å². The molecule has 0 saturated carbocycles. The van der Waals surface area contributed by atoms with Gasteiger partial charge in [0.15, 0.2) is 0 Å². The number of hydrogen-bond acceptors (Lipinski definition) is 0. The molecule has 0 nitrogen and oxygen atoms in total. The molecule has 0 N–H and O–H groups in total. The van der Waals surface area contributed by atoms with Crippen molar-refractivity contribution in [2.45, 2.75) is 0 Å². The van der Waals surface area contributed by atoms with Gasteiger partial charge in [0, 0.05) is 0 Å². The summed E-state index contributed by atoms with van der Waals surface area (Å²) in [4.78, 5) is 0. The SMILES string of the molecule is Cl.Cl.Cl.Cl.Cl.Cl.Cl.Cl.Cl.Cl.Cl.Cl.Cl.Cl.Cl.Cl.Cl.Cl.Cl.Cl.Cl.Cl.Cl.Cl.Cl.Cl.Cl.Cl.Cl.Cl.Cl.Cl.Cl.Cl.Cl.Cl.Cl.Cl.Cl.Cl.Cl.Cl.Cl.Cl.Cl.Cl.Cl.Cl.Cl.Cl.Cl.Cl.Cl.Cl.Cl.Cl.Cl.Cl.[Cl-].[Cl-].[Cl-].[Cl-].[Cl-].[Cl-].[Cl-].[Na+].[Na+].[Na+].[Na+].[Na+].[Na+].[Na+]. The third kappa shape index (κ3) is 1290. The Morgan fingerprint density at radius 3 is 0.0417 bits per heavy atom. The molecule has 0 spiro atoms.